The van der Waals surface area contributed by atoms with Crippen LogP contribution < -0.4 is 10.5 Å². The minimum Gasteiger partial charge on any atom is -0.341 e. The Labute approximate surface area is 183 Å². The van der Waals surface area contributed by atoms with Crippen molar-refractivity contribution >= 4 is 45.8 Å². The van der Waals surface area contributed by atoms with Crippen LogP contribution in [0.3, 0.4) is 0 Å². The molecule has 1 fully saturated rings. The number of halogens is 2. The van der Waals surface area contributed by atoms with Gasteiger partial charge in [0.25, 0.3) is 5.56 Å². The first-order valence-corrected chi connectivity index (χ1v) is 10.9. The zero-order valence-corrected chi connectivity index (χ0v) is 17.9. The molecule has 0 saturated carbocycles. The van der Waals surface area contributed by atoms with Crippen LogP contribution in [0.1, 0.15) is 31.2 Å². The molecule has 6 nitrogen and oxygen atoms in total. The lowest BCUT2D eigenvalue weighted by molar-refractivity contribution is 0.685. The third kappa shape index (κ3) is 3.55. The Kier molecular flexibility index (Phi) is 5.13. The summed E-state index contributed by atoms with van der Waals surface area (Å²) in [6, 6.07) is 13.0. The van der Waals surface area contributed by atoms with Crippen molar-refractivity contribution in [1.82, 2.24) is 19.2 Å². The summed E-state index contributed by atoms with van der Waals surface area (Å²) in [6.45, 7) is 2.38. The van der Waals surface area contributed by atoms with Gasteiger partial charge in [0.2, 0.25) is 11.7 Å². The highest BCUT2D eigenvalue weighted by Crippen LogP contribution is 2.25. The molecule has 0 amide bonds. The SMILES string of the molecule is O=c1nc2n(Cc3ccc(Cl)cc3)nc(N3CCCCCC3)n2c2ccc(Cl)cc12. The smallest absolute Gasteiger partial charge is 0.282 e. The van der Waals surface area contributed by atoms with E-state index in [0.29, 0.717) is 27.8 Å². The fourth-order valence-corrected chi connectivity index (χ4v) is 4.39. The molecule has 154 valence electrons. The van der Waals surface area contributed by atoms with Gasteiger partial charge in [-0.15, -0.1) is 5.10 Å². The normalized spacial score (nSPS) is 15.1. The molecule has 1 aliphatic heterocycles. The lowest BCUT2D eigenvalue weighted by atomic mass is 10.2. The van der Waals surface area contributed by atoms with Crippen LogP contribution in [0.25, 0.3) is 16.7 Å². The molecule has 0 bridgehead atoms. The van der Waals surface area contributed by atoms with Gasteiger partial charge in [-0.1, -0.05) is 48.2 Å². The summed E-state index contributed by atoms with van der Waals surface area (Å²) in [5.74, 6) is 1.35. The van der Waals surface area contributed by atoms with Crippen LogP contribution in [0.4, 0.5) is 5.95 Å². The largest absolute Gasteiger partial charge is 0.341 e. The maximum Gasteiger partial charge on any atom is 0.282 e. The van der Waals surface area contributed by atoms with Crippen LogP contribution in [-0.2, 0) is 6.54 Å². The first kappa shape index (κ1) is 19.4. The Hall–Kier alpha value is -2.57. The van der Waals surface area contributed by atoms with Gasteiger partial charge in [0.15, 0.2) is 0 Å². The van der Waals surface area contributed by atoms with Gasteiger partial charge in [0.1, 0.15) is 0 Å². The summed E-state index contributed by atoms with van der Waals surface area (Å²) in [5.41, 5.74) is 1.51. The van der Waals surface area contributed by atoms with E-state index in [1.54, 1.807) is 16.8 Å². The van der Waals surface area contributed by atoms with Crippen LogP contribution in [0.5, 0.6) is 0 Å². The van der Waals surface area contributed by atoms with E-state index in [0.717, 1.165) is 43.0 Å². The average Bonchev–Trinajstić information content (AvgIpc) is 2.91. The van der Waals surface area contributed by atoms with Gasteiger partial charge in [-0.3, -0.25) is 4.79 Å². The molecular formula is C22H21Cl2N5O. The predicted octanol–water partition coefficient (Wildman–Crippen LogP) is 4.78. The number of hydrogen-bond donors (Lipinski definition) is 0. The van der Waals surface area contributed by atoms with Gasteiger partial charge in [-0.2, -0.15) is 4.98 Å². The third-order valence-corrected chi connectivity index (χ3v) is 6.09. The van der Waals surface area contributed by atoms with Crippen LogP contribution in [-0.4, -0.2) is 32.3 Å². The number of nitrogens with zero attached hydrogens (tertiary/aromatic N) is 5. The zero-order chi connectivity index (χ0) is 20.7. The summed E-state index contributed by atoms with van der Waals surface area (Å²) in [4.78, 5) is 19.5. The first-order valence-electron chi connectivity index (χ1n) is 10.2. The molecule has 30 heavy (non-hydrogen) atoms. The molecule has 1 saturated heterocycles. The van der Waals surface area contributed by atoms with Crippen molar-refractivity contribution in [2.24, 2.45) is 0 Å². The maximum atomic E-state index is 12.8. The molecule has 8 heteroatoms. The van der Waals surface area contributed by atoms with E-state index in [9.17, 15) is 4.79 Å². The van der Waals surface area contributed by atoms with E-state index in [4.69, 9.17) is 28.3 Å². The number of benzene rings is 2. The van der Waals surface area contributed by atoms with Gasteiger partial charge in [0.05, 0.1) is 17.4 Å². The van der Waals surface area contributed by atoms with Crippen molar-refractivity contribution in [2.75, 3.05) is 18.0 Å². The highest BCUT2D eigenvalue weighted by atomic mass is 35.5. The van der Waals surface area contributed by atoms with Crippen molar-refractivity contribution in [3.63, 3.8) is 0 Å². The summed E-state index contributed by atoms with van der Waals surface area (Å²) in [6.07, 6.45) is 4.71. The van der Waals surface area contributed by atoms with Crippen LogP contribution in [0.15, 0.2) is 47.3 Å². The van der Waals surface area contributed by atoms with E-state index < -0.39 is 0 Å². The highest BCUT2D eigenvalue weighted by Gasteiger charge is 2.21. The molecule has 0 N–H and O–H groups in total. The second kappa shape index (κ2) is 7.93. The van der Waals surface area contributed by atoms with Gasteiger partial charge in [-0.05, 0) is 48.7 Å². The van der Waals surface area contributed by atoms with Crippen molar-refractivity contribution in [1.29, 1.82) is 0 Å². The maximum absolute atomic E-state index is 12.8. The number of fused-ring (bicyclic) bond motifs is 3. The molecule has 2 aromatic heterocycles. The average molecular weight is 442 g/mol. The second-order valence-electron chi connectivity index (χ2n) is 7.70. The quantitative estimate of drug-likeness (QED) is 0.458. The number of rotatable bonds is 3. The van der Waals surface area contributed by atoms with E-state index in [1.807, 2.05) is 34.7 Å². The monoisotopic (exact) mass is 441 g/mol. The molecule has 0 unspecified atom stereocenters. The topological polar surface area (TPSA) is 55.4 Å². The molecular weight excluding hydrogens is 421 g/mol. The molecule has 0 aliphatic carbocycles. The third-order valence-electron chi connectivity index (χ3n) is 5.61. The highest BCUT2D eigenvalue weighted by molar-refractivity contribution is 6.31. The van der Waals surface area contributed by atoms with Gasteiger partial charge < -0.3 is 4.90 Å². The Morgan fingerprint density at radius 1 is 0.900 bits per heavy atom. The standard InChI is InChI=1S/C22H21Cl2N5O/c23-16-7-5-15(6-8-16)14-28-21-25-20(30)18-13-17(24)9-10-19(18)29(21)22(26-28)27-11-3-1-2-4-12-27/h5-10,13H,1-4,11-12,14H2. The number of hydrogen-bond acceptors (Lipinski definition) is 4. The first-order chi connectivity index (χ1) is 14.6. The Morgan fingerprint density at radius 3 is 2.33 bits per heavy atom. The van der Waals surface area contributed by atoms with Crippen molar-refractivity contribution < 1.29 is 0 Å². The Morgan fingerprint density at radius 2 is 1.60 bits per heavy atom. The molecule has 1 aliphatic rings. The molecule has 0 atom stereocenters. The fourth-order valence-electron chi connectivity index (χ4n) is 4.10. The van der Waals surface area contributed by atoms with Crippen LogP contribution in [0.2, 0.25) is 10.0 Å². The van der Waals surface area contributed by atoms with Gasteiger partial charge >= 0.3 is 0 Å². The van der Waals surface area contributed by atoms with E-state index in [1.165, 1.54) is 12.8 Å². The second-order valence-corrected chi connectivity index (χ2v) is 8.57. The molecule has 0 radical (unpaired) electrons. The summed E-state index contributed by atoms with van der Waals surface area (Å²) in [7, 11) is 0. The van der Waals surface area contributed by atoms with E-state index >= 15 is 0 Å². The van der Waals surface area contributed by atoms with Gasteiger partial charge in [0, 0.05) is 23.1 Å². The minimum atomic E-state index is -0.299. The number of aromatic nitrogens is 4. The summed E-state index contributed by atoms with van der Waals surface area (Å²) >= 11 is 12.2. The van der Waals surface area contributed by atoms with Crippen molar-refractivity contribution in [3.05, 3.63) is 68.4 Å². The zero-order valence-electron chi connectivity index (χ0n) is 16.4. The molecule has 2 aromatic carbocycles. The van der Waals surface area contributed by atoms with Crippen molar-refractivity contribution in [2.45, 2.75) is 32.2 Å². The van der Waals surface area contributed by atoms with Crippen LogP contribution in [0, 0.1) is 0 Å². The molecule has 0 spiro atoms. The molecule has 4 aromatic rings. The van der Waals surface area contributed by atoms with Crippen LogP contribution >= 0.6 is 23.2 Å². The fraction of sp³-hybridized carbons (Fsp3) is 0.318. The Bertz CT molecular complexity index is 1270. The van der Waals surface area contributed by atoms with Gasteiger partial charge in [-0.25, -0.2) is 9.08 Å². The summed E-state index contributed by atoms with van der Waals surface area (Å²) < 4.78 is 3.80. The van der Waals surface area contributed by atoms with E-state index in [2.05, 4.69) is 9.88 Å². The number of anilines is 1. The Balaban J connectivity index is 1.74. The van der Waals surface area contributed by atoms with Crippen molar-refractivity contribution in [3.8, 4) is 0 Å². The predicted molar refractivity (Wildman–Crippen MR) is 121 cm³/mol. The van der Waals surface area contributed by atoms with E-state index in [-0.39, 0.29) is 5.56 Å². The molecule has 3 heterocycles. The molecule has 5 rings (SSSR count). The lowest BCUT2D eigenvalue weighted by Crippen LogP contribution is -2.26. The minimum absolute atomic E-state index is 0.299. The lowest BCUT2D eigenvalue weighted by Gasteiger charge is -2.20. The summed E-state index contributed by atoms with van der Waals surface area (Å²) in [5, 5.41) is 6.63.